The molecule has 5 nitrogen and oxygen atoms in total. The number of likely N-dealkylation sites (N-methyl/N-ethyl adjacent to an activating group) is 1. The number of rotatable bonds is 5. The molecule has 0 radical (unpaired) electrons. The number of aryl methyl sites for hydroxylation is 1. The van der Waals surface area contributed by atoms with Crippen LogP contribution in [0, 0.1) is 0 Å². The molecule has 0 saturated heterocycles. The van der Waals surface area contributed by atoms with Crippen LogP contribution in [0.3, 0.4) is 0 Å². The summed E-state index contributed by atoms with van der Waals surface area (Å²) >= 11 is 0. The highest BCUT2D eigenvalue weighted by molar-refractivity contribution is 5.99. The standard InChI is InChI=1S/C15H18N2O3/c1-3-8-17-12-7-5-4-6-11(12)9-13(17)15(20)16(2)10-14(18)19/h4-7,9H,3,8,10H2,1-2H3,(H,18,19). The molecule has 5 heteroatoms. The van der Waals surface area contributed by atoms with Crippen LogP contribution >= 0.6 is 0 Å². The maximum Gasteiger partial charge on any atom is 0.323 e. The molecule has 2 rings (SSSR count). The van der Waals surface area contributed by atoms with E-state index in [-0.39, 0.29) is 12.5 Å². The molecule has 0 fully saturated rings. The number of carbonyl (C=O) groups excluding carboxylic acids is 1. The average molecular weight is 274 g/mol. The second-order valence-electron chi connectivity index (χ2n) is 4.79. The van der Waals surface area contributed by atoms with Gasteiger partial charge in [0.2, 0.25) is 0 Å². The Hall–Kier alpha value is -2.30. The second kappa shape index (κ2) is 5.77. The molecule has 106 valence electrons. The third kappa shape index (κ3) is 2.66. The zero-order valence-electron chi connectivity index (χ0n) is 11.7. The lowest BCUT2D eigenvalue weighted by Crippen LogP contribution is -2.33. The van der Waals surface area contributed by atoms with Crippen molar-refractivity contribution in [2.75, 3.05) is 13.6 Å². The van der Waals surface area contributed by atoms with Crippen molar-refractivity contribution in [2.45, 2.75) is 19.9 Å². The molecule has 0 unspecified atom stereocenters. The van der Waals surface area contributed by atoms with Crippen LogP contribution in [-0.2, 0) is 11.3 Å². The number of fused-ring (bicyclic) bond motifs is 1. The van der Waals surface area contributed by atoms with Gasteiger partial charge in [0.25, 0.3) is 5.91 Å². The Kier molecular flexibility index (Phi) is 4.08. The highest BCUT2D eigenvalue weighted by Crippen LogP contribution is 2.21. The molecule has 0 spiro atoms. The van der Waals surface area contributed by atoms with Gasteiger partial charge in [0.05, 0.1) is 0 Å². The summed E-state index contributed by atoms with van der Waals surface area (Å²) in [5.41, 5.74) is 1.54. The van der Waals surface area contributed by atoms with E-state index >= 15 is 0 Å². The van der Waals surface area contributed by atoms with E-state index in [4.69, 9.17) is 5.11 Å². The number of carboxylic acids is 1. The summed E-state index contributed by atoms with van der Waals surface area (Å²) in [6.07, 6.45) is 0.904. The first-order valence-corrected chi connectivity index (χ1v) is 6.60. The van der Waals surface area contributed by atoms with Crippen LogP contribution in [0.2, 0.25) is 0 Å². The van der Waals surface area contributed by atoms with Crippen LogP contribution in [0.15, 0.2) is 30.3 Å². The van der Waals surface area contributed by atoms with Crippen LogP contribution < -0.4 is 0 Å². The molecule has 2 aromatic rings. The first-order chi connectivity index (χ1) is 9.54. The Bertz CT molecular complexity index is 646. The highest BCUT2D eigenvalue weighted by atomic mass is 16.4. The number of benzene rings is 1. The summed E-state index contributed by atoms with van der Waals surface area (Å²) in [5.74, 6) is -1.28. The zero-order chi connectivity index (χ0) is 14.7. The first-order valence-electron chi connectivity index (χ1n) is 6.60. The number of aromatic nitrogens is 1. The van der Waals surface area contributed by atoms with Crippen molar-refractivity contribution < 1.29 is 14.7 Å². The molecule has 1 amide bonds. The number of carbonyl (C=O) groups is 2. The Morgan fingerprint density at radius 1 is 1.30 bits per heavy atom. The van der Waals surface area contributed by atoms with Gasteiger partial charge in [-0.25, -0.2) is 0 Å². The van der Waals surface area contributed by atoms with Crippen LogP contribution in [0.5, 0.6) is 0 Å². The Labute approximate surface area is 117 Å². The number of para-hydroxylation sites is 1. The minimum absolute atomic E-state index is 0.267. The molecular weight excluding hydrogens is 256 g/mol. The summed E-state index contributed by atoms with van der Waals surface area (Å²) in [7, 11) is 1.50. The summed E-state index contributed by atoms with van der Waals surface area (Å²) in [6, 6.07) is 9.61. The number of hydrogen-bond acceptors (Lipinski definition) is 2. The minimum Gasteiger partial charge on any atom is -0.480 e. The van der Waals surface area contributed by atoms with Crippen molar-refractivity contribution in [3.05, 3.63) is 36.0 Å². The van der Waals surface area contributed by atoms with Gasteiger partial charge in [0, 0.05) is 24.5 Å². The van der Waals surface area contributed by atoms with Gasteiger partial charge in [-0.15, -0.1) is 0 Å². The van der Waals surface area contributed by atoms with E-state index < -0.39 is 5.97 Å². The smallest absolute Gasteiger partial charge is 0.323 e. The molecule has 0 bridgehead atoms. The maximum absolute atomic E-state index is 12.4. The molecule has 1 aromatic carbocycles. The monoisotopic (exact) mass is 274 g/mol. The van der Waals surface area contributed by atoms with Gasteiger partial charge >= 0.3 is 5.97 Å². The van der Waals surface area contributed by atoms with Crippen LogP contribution in [0.4, 0.5) is 0 Å². The molecular formula is C15H18N2O3. The average Bonchev–Trinajstić information content (AvgIpc) is 2.77. The van der Waals surface area contributed by atoms with Gasteiger partial charge in [-0.05, 0) is 18.6 Å². The van der Waals surface area contributed by atoms with Gasteiger partial charge in [-0.1, -0.05) is 25.1 Å². The van der Waals surface area contributed by atoms with Gasteiger partial charge < -0.3 is 14.6 Å². The largest absolute Gasteiger partial charge is 0.480 e. The molecule has 1 heterocycles. The Balaban J connectivity index is 2.44. The third-order valence-electron chi connectivity index (χ3n) is 3.20. The molecule has 0 aliphatic carbocycles. The number of amides is 1. The maximum atomic E-state index is 12.4. The van der Waals surface area contributed by atoms with E-state index in [0.717, 1.165) is 23.9 Å². The van der Waals surface area contributed by atoms with Crippen molar-refractivity contribution in [1.82, 2.24) is 9.47 Å². The molecule has 0 aliphatic rings. The molecule has 0 aliphatic heterocycles. The van der Waals surface area contributed by atoms with Crippen molar-refractivity contribution in [2.24, 2.45) is 0 Å². The minimum atomic E-state index is -1.01. The summed E-state index contributed by atoms with van der Waals surface area (Å²) in [4.78, 5) is 24.3. The van der Waals surface area contributed by atoms with E-state index in [2.05, 4.69) is 0 Å². The van der Waals surface area contributed by atoms with Crippen molar-refractivity contribution >= 4 is 22.8 Å². The fourth-order valence-corrected chi connectivity index (χ4v) is 2.32. The second-order valence-corrected chi connectivity index (χ2v) is 4.79. The van der Waals surface area contributed by atoms with E-state index in [1.54, 1.807) is 0 Å². The summed E-state index contributed by atoms with van der Waals surface area (Å²) in [6.45, 7) is 2.48. The third-order valence-corrected chi connectivity index (χ3v) is 3.20. The Morgan fingerprint density at radius 2 is 2.00 bits per heavy atom. The predicted molar refractivity (Wildman–Crippen MR) is 76.8 cm³/mol. The quantitative estimate of drug-likeness (QED) is 0.909. The van der Waals surface area contributed by atoms with E-state index in [9.17, 15) is 9.59 Å². The fraction of sp³-hybridized carbons (Fsp3) is 0.333. The van der Waals surface area contributed by atoms with Crippen molar-refractivity contribution in [3.8, 4) is 0 Å². The van der Waals surface area contributed by atoms with Gasteiger partial charge in [-0.2, -0.15) is 0 Å². The normalized spacial score (nSPS) is 10.7. The van der Waals surface area contributed by atoms with E-state index in [1.807, 2.05) is 41.8 Å². The van der Waals surface area contributed by atoms with Crippen molar-refractivity contribution in [3.63, 3.8) is 0 Å². The van der Waals surface area contributed by atoms with Gasteiger partial charge in [0.1, 0.15) is 12.2 Å². The number of hydrogen-bond donors (Lipinski definition) is 1. The van der Waals surface area contributed by atoms with Crippen molar-refractivity contribution in [1.29, 1.82) is 0 Å². The van der Waals surface area contributed by atoms with E-state index in [1.165, 1.54) is 11.9 Å². The Morgan fingerprint density at radius 3 is 2.65 bits per heavy atom. The number of carboxylic acid groups (broad SMARTS) is 1. The van der Waals surface area contributed by atoms with Gasteiger partial charge in [0.15, 0.2) is 0 Å². The van der Waals surface area contributed by atoms with Crippen LogP contribution in [-0.4, -0.2) is 40.0 Å². The molecule has 1 N–H and O–H groups in total. The highest BCUT2D eigenvalue weighted by Gasteiger charge is 2.19. The fourth-order valence-electron chi connectivity index (χ4n) is 2.32. The molecule has 1 aromatic heterocycles. The van der Waals surface area contributed by atoms with E-state index in [0.29, 0.717) is 5.69 Å². The SMILES string of the molecule is CCCn1c(C(=O)N(C)CC(=O)O)cc2ccccc21. The number of aliphatic carboxylic acids is 1. The number of nitrogens with zero attached hydrogens (tertiary/aromatic N) is 2. The lowest BCUT2D eigenvalue weighted by molar-refractivity contribution is -0.137. The van der Waals surface area contributed by atoms with Crippen LogP contribution in [0.25, 0.3) is 10.9 Å². The predicted octanol–water partition coefficient (Wildman–Crippen LogP) is 2.21. The lowest BCUT2D eigenvalue weighted by Gasteiger charge is -2.16. The topological polar surface area (TPSA) is 62.5 Å². The van der Waals surface area contributed by atoms with Crippen LogP contribution in [0.1, 0.15) is 23.8 Å². The lowest BCUT2D eigenvalue weighted by atomic mass is 10.2. The molecule has 20 heavy (non-hydrogen) atoms. The summed E-state index contributed by atoms with van der Waals surface area (Å²) in [5, 5.41) is 9.79. The molecule has 0 atom stereocenters. The molecule has 0 saturated carbocycles. The zero-order valence-corrected chi connectivity index (χ0v) is 11.7. The summed E-state index contributed by atoms with van der Waals surface area (Å²) < 4.78 is 1.95. The van der Waals surface area contributed by atoms with Gasteiger partial charge in [-0.3, -0.25) is 9.59 Å². The first kappa shape index (κ1) is 14.1.